The number of carbonyl (C=O) groups is 3. The van der Waals surface area contributed by atoms with Crippen molar-refractivity contribution in [3.05, 3.63) is 100.0 Å². The molecule has 1 aliphatic heterocycles. The quantitative estimate of drug-likeness (QED) is 0.362. The van der Waals surface area contributed by atoms with E-state index in [9.17, 15) is 19.5 Å². The Morgan fingerprint density at radius 1 is 0.939 bits per heavy atom. The predicted octanol–water partition coefficient (Wildman–Crippen LogP) is 5.74. The number of aryl methyl sites for hydroxylation is 1. The molecule has 33 heavy (non-hydrogen) atoms. The normalized spacial score (nSPS) is 14.9. The SMILES string of the molecule is Cc1ccc(C=C(C(=O)O)c2ccccc2Oc2ccc(C=C3SC(=O)NC3=O)cc2)cc1. The second kappa shape index (κ2) is 9.58. The van der Waals surface area contributed by atoms with Gasteiger partial charge in [-0.2, -0.15) is 0 Å². The highest BCUT2D eigenvalue weighted by Crippen LogP contribution is 2.32. The fraction of sp³-hybridized carbons (Fsp3) is 0.0385. The molecular formula is C26H19NO5S. The van der Waals surface area contributed by atoms with Crippen molar-refractivity contribution in [3.63, 3.8) is 0 Å². The number of carboxylic acids is 1. The fourth-order valence-corrected chi connectivity index (χ4v) is 3.88. The first-order valence-corrected chi connectivity index (χ1v) is 10.8. The Morgan fingerprint density at radius 2 is 1.61 bits per heavy atom. The molecule has 1 heterocycles. The summed E-state index contributed by atoms with van der Waals surface area (Å²) in [6.07, 6.45) is 3.24. The van der Waals surface area contributed by atoms with E-state index in [1.165, 1.54) is 0 Å². The molecule has 0 aliphatic carbocycles. The number of para-hydroxylation sites is 1. The molecule has 1 fully saturated rings. The summed E-state index contributed by atoms with van der Waals surface area (Å²) >= 11 is 0.853. The summed E-state index contributed by atoms with van der Waals surface area (Å²) in [5, 5.41) is 11.7. The van der Waals surface area contributed by atoms with E-state index in [4.69, 9.17) is 4.74 Å². The van der Waals surface area contributed by atoms with Crippen LogP contribution >= 0.6 is 11.8 Å². The zero-order valence-corrected chi connectivity index (χ0v) is 18.4. The highest BCUT2D eigenvalue weighted by molar-refractivity contribution is 8.18. The van der Waals surface area contributed by atoms with Gasteiger partial charge in [-0.15, -0.1) is 0 Å². The minimum atomic E-state index is -1.06. The van der Waals surface area contributed by atoms with Gasteiger partial charge in [0.05, 0.1) is 10.5 Å². The monoisotopic (exact) mass is 457 g/mol. The standard InChI is InChI=1S/C26H19NO5S/c1-16-6-8-17(9-7-16)14-21(25(29)30)20-4-2-3-5-22(20)32-19-12-10-18(11-13-19)15-23-24(28)27-26(31)33-23/h2-15H,1H3,(H,29,30)(H,27,28,31). The molecule has 3 aromatic carbocycles. The van der Waals surface area contributed by atoms with Gasteiger partial charge >= 0.3 is 5.97 Å². The Kier molecular flexibility index (Phi) is 6.42. The Labute approximate surface area is 194 Å². The Morgan fingerprint density at radius 3 is 2.24 bits per heavy atom. The topological polar surface area (TPSA) is 92.7 Å². The third-order valence-electron chi connectivity index (χ3n) is 4.84. The average Bonchev–Trinajstić information content (AvgIpc) is 3.11. The van der Waals surface area contributed by atoms with Crippen LogP contribution in [0.1, 0.15) is 22.3 Å². The first kappa shape index (κ1) is 22.1. The van der Waals surface area contributed by atoms with Crippen molar-refractivity contribution in [2.75, 3.05) is 0 Å². The van der Waals surface area contributed by atoms with Gasteiger partial charge in [0.1, 0.15) is 11.5 Å². The molecule has 4 rings (SSSR count). The molecule has 1 aliphatic rings. The first-order valence-electron chi connectivity index (χ1n) is 10.0. The van der Waals surface area contributed by atoms with Crippen LogP contribution in [0.5, 0.6) is 11.5 Å². The smallest absolute Gasteiger partial charge is 0.336 e. The summed E-state index contributed by atoms with van der Waals surface area (Å²) in [7, 11) is 0. The number of thioether (sulfide) groups is 1. The molecule has 0 spiro atoms. The van der Waals surface area contributed by atoms with Crippen LogP contribution in [0.2, 0.25) is 0 Å². The lowest BCUT2D eigenvalue weighted by atomic mass is 10.0. The van der Waals surface area contributed by atoms with Crippen LogP contribution in [0, 0.1) is 6.92 Å². The minimum absolute atomic E-state index is 0.116. The second-order valence-corrected chi connectivity index (χ2v) is 8.31. The zero-order valence-electron chi connectivity index (χ0n) is 17.6. The van der Waals surface area contributed by atoms with E-state index in [-0.39, 0.29) is 5.57 Å². The third-order valence-corrected chi connectivity index (χ3v) is 5.65. The molecule has 0 unspecified atom stereocenters. The number of carboxylic acid groups (broad SMARTS) is 1. The molecule has 0 radical (unpaired) electrons. The number of ether oxygens (including phenoxy) is 1. The summed E-state index contributed by atoms with van der Waals surface area (Å²) in [6, 6.07) is 21.5. The zero-order chi connectivity index (χ0) is 23.4. The summed E-state index contributed by atoms with van der Waals surface area (Å²) in [4.78, 5) is 35.4. The summed E-state index contributed by atoms with van der Waals surface area (Å²) in [5.74, 6) is -0.568. The van der Waals surface area contributed by atoms with Gasteiger partial charge in [-0.1, -0.05) is 60.2 Å². The van der Waals surface area contributed by atoms with Crippen molar-refractivity contribution in [1.29, 1.82) is 0 Å². The average molecular weight is 458 g/mol. The number of rotatable bonds is 6. The largest absolute Gasteiger partial charge is 0.478 e. The number of carbonyl (C=O) groups excluding carboxylic acids is 2. The number of hydrogen-bond acceptors (Lipinski definition) is 5. The number of aliphatic carboxylic acids is 1. The van der Waals surface area contributed by atoms with Crippen molar-refractivity contribution in [1.82, 2.24) is 5.32 Å². The van der Waals surface area contributed by atoms with Crippen molar-refractivity contribution < 1.29 is 24.2 Å². The molecule has 0 aromatic heterocycles. The van der Waals surface area contributed by atoms with Gasteiger partial charge in [-0.25, -0.2) is 4.79 Å². The highest BCUT2D eigenvalue weighted by atomic mass is 32.2. The lowest BCUT2D eigenvalue weighted by Gasteiger charge is -2.12. The molecule has 164 valence electrons. The summed E-state index contributed by atoms with van der Waals surface area (Å²) < 4.78 is 6.00. The van der Waals surface area contributed by atoms with Gasteiger partial charge in [0.25, 0.3) is 11.1 Å². The van der Waals surface area contributed by atoms with Crippen molar-refractivity contribution >= 4 is 46.6 Å². The number of hydrogen-bond donors (Lipinski definition) is 2. The van der Waals surface area contributed by atoms with E-state index in [0.717, 1.165) is 28.5 Å². The highest BCUT2D eigenvalue weighted by Gasteiger charge is 2.24. The Hall–Kier alpha value is -4.10. The van der Waals surface area contributed by atoms with Crippen LogP contribution in [0.25, 0.3) is 17.7 Å². The van der Waals surface area contributed by atoms with Gasteiger partial charge in [0.15, 0.2) is 0 Å². The fourth-order valence-electron chi connectivity index (χ4n) is 3.19. The maximum atomic E-state index is 12.0. The molecule has 2 N–H and O–H groups in total. The van der Waals surface area contributed by atoms with Crippen molar-refractivity contribution in [2.24, 2.45) is 0 Å². The van der Waals surface area contributed by atoms with E-state index < -0.39 is 17.1 Å². The number of imide groups is 1. The van der Waals surface area contributed by atoms with E-state index >= 15 is 0 Å². The minimum Gasteiger partial charge on any atom is -0.478 e. The molecule has 3 aromatic rings. The molecule has 0 bridgehead atoms. The van der Waals surface area contributed by atoms with Crippen LogP contribution in [-0.4, -0.2) is 22.2 Å². The van der Waals surface area contributed by atoms with Gasteiger partial charge in [0.2, 0.25) is 0 Å². The molecule has 0 saturated carbocycles. The Balaban J connectivity index is 1.60. The van der Waals surface area contributed by atoms with E-state index in [2.05, 4.69) is 5.32 Å². The number of benzene rings is 3. The summed E-state index contributed by atoms with van der Waals surface area (Å²) in [6.45, 7) is 1.97. The molecule has 1 saturated heterocycles. The van der Waals surface area contributed by atoms with Crippen LogP contribution in [-0.2, 0) is 9.59 Å². The van der Waals surface area contributed by atoms with Crippen molar-refractivity contribution in [3.8, 4) is 11.5 Å². The second-order valence-electron chi connectivity index (χ2n) is 7.29. The van der Waals surface area contributed by atoms with Crippen LogP contribution in [0.4, 0.5) is 4.79 Å². The molecular weight excluding hydrogens is 438 g/mol. The van der Waals surface area contributed by atoms with Gasteiger partial charge < -0.3 is 9.84 Å². The number of nitrogens with one attached hydrogen (secondary N) is 1. The van der Waals surface area contributed by atoms with E-state index in [1.54, 1.807) is 60.7 Å². The summed E-state index contributed by atoms with van der Waals surface area (Å²) in [5.41, 5.74) is 3.16. The number of amides is 2. The third kappa shape index (κ3) is 5.39. The Bertz CT molecular complexity index is 1290. The first-order chi connectivity index (χ1) is 15.9. The molecule has 0 atom stereocenters. The lowest BCUT2D eigenvalue weighted by molar-refractivity contribution is -0.130. The lowest BCUT2D eigenvalue weighted by Crippen LogP contribution is -2.17. The van der Waals surface area contributed by atoms with Crippen LogP contribution in [0.15, 0.2) is 77.7 Å². The van der Waals surface area contributed by atoms with Crippen LogP contribution < -0.4 is 10.1 Å². The van der Waals surface area contributed by atoms with Crippen molar-refractivity contribution in [2.45, 2.75) is 6.92 Å². The van der Waals surface area contributed by atoms with Gasteiger partial charge in [-0.3, -0.25) is 14.9 Å². The van der Waals surface area contributed by atoms with E-state index in [0.29, 0.717) is 22.0 Å². The maximum Gasteiger partial charge on any atom is 0.336 e. The molecule has 2 amide bonds. The van der Waals surface area contributed by atoms with Gasteiger partial charge in [-0.05, 0) is 60.2 Å². The predicted molar refractivity (Wildman–Crippen MR) is 129 cm³/mol. The molecule has 7 heteroatoms. The van der Waals surface area contributed by atoms with Crippen LogP contribution in [0.3, 0.4) is 0 Å². The van der Waals surface area contributed by atoms with Gasteiger partial charge in [0, 0.05) is 5.56 Å². The molecule has 6 nitrogen and oxygen atoms in total. The van der Waals surface area contributed by atoms with E-state index in [1.807, 2.05) is 31.2 Å². The maximum absolute atomic E-state index is 12.0.